The van der Waals surface area contributed by atoms with Crippen molar-refractivity contribution in [3.8, 4) is 17.2 Å². The highest BCUT2D eigenvalue weighted by Gasteiger charge is 2.36. The Kier molecular flexibility index (Phi) is 2.73. The molecule has 1 aliphatic carbocycles. The van der Waals surface area contributed by atoms with Crippen molar-refractivity contribution in [2.45, 2.75) is 6.92 Å². The summed E-state index contributed by atoms with van der Waals surface area (Å²) in [6.07, 6.45) is 0. The maximum Gasteiger partial charge on any atom is 0.198 e. The van der Waals surface area contributed by atoms with E-state index in [9.17, 15) is 19.8 Å². The van der Waals surface area contributed by atoms with E-state index in [0.29, 0.717) is 0 Å². The third-order valence-electron chi connectivity index (χ3n) is 3.58. The molecule has 0 spiro atoms. The summed E-state index contributed by atoms with van der Waals surface area (Å²) >= 11 is 0. The number of carbonyl (C=O) groups is 2. The second kappa shape index (κ2) is 4.34. The van der Waals surface area contributed by atoms with E-state index in [1.54, 1.807) is 25.1 Å². The number of hydrogen-bond donors (Lipinski definition) is 2. The molecule has 3 rings (SSSR count). The van der Waals surface area contributed by atoms with Gasteiger partial charge in [-0.3, -0.25) is 9.59 Å². The van der Waals surface area contributed by atoms with Crippen LogP contribution in [0.1, 0.15) is 37.4 Å². The van der Waals surface area contributed by atoms with Gasteiger partial charge in [0.25, 0.3) is 0 Å². The van der Waals surface area contributed by atoms with E-state index in [1.165, 1.54) is 7.11 Å². The summed E-state index contributed by atoms with van der Waals surface area (Å²) in [6, 6.07) is 5.98. The topological polar surface area (TPSA) is 83.8 Å². The second-order valence-electron chi connectivity index (χ2n) is 4.90. The van der Waals surface area contributed by atoms with Crippen molar-refractivity contribution in [2.75, 3.05) is 7.11 Å². The molecule has 0 saturated carbocycles. The first-order valence-electron chi connectivity index (χ1n) is 6.28. The number of aryl methyl sites for hydroxylation is 1. The van der Waals surface area contributed by atoms with Crippen molar-refractivity contribution < 1.29 is 24.5 Å². The average molecular weight is 284 g/mol. The zero-order valence-electron chi connectivity index (χ0n) is 11.4. The Morgan fingerprint density at radius 2 is 1.62 bits per heavy atom. The highest BCUT2D eigenvalue weighted by atomic mass is 16.5. The van der Waals surface area contributed by atoms with Gasteiger partial charge in [0.2, 0.25) is 0 Å². The van der Waals surface area contributed by atoms with Crippen LogP contribution in [-0.2, 0) is 0 Å². The molecule has 5 heteroatoms. The molecule has 0 unspecified atom stereocenters. The van der Waals surface area contributed by atoms with Crippen LogP contribution < -0.4 is 4.74 Å². The summed E-state index contributed by atoms with van der Waals surface area (Å²) in [5, 5.41) is 20.1. The molecule has 0 atom stereocenters. The summed E-state index contributed by atoms with van der Waals surface area (Å²) in [5.74, 6) is -1.87. The smallest absolute Gasteiger partial charge is 0.198 e. The van der Waals surface area contributed by atoms with Crippen LogP contribution in [0.4, 0.5) is 0 Å². The Morgan fingerprint density at radius 1 is 0.952 bits per heavy atom. The number of ketones is 2. The van der Waals surface area contributed by atoms with Crippen molar-refractivity contribution >= 4 is 11.6 Å². The number of phenols is 2. The fraction of sp³-hybridized carbons (Fsp3) is 0.125. The molecule has 0 radical (unpaired) electrons. The molecule has 0 saturated heterocycles. The molecule has 0 heterocycles. The molecule has 2 aromatic carbocycles. The van der Waals surface area contributed by atoms with Gasteiger partial charge in [0.15, 0.2) is 23.1 Å². The Balaban J connectivity index is 2.38. The molecule has 21 heavy (non-hydrogen) atoms. The first-order valence-corrected chi connectivity index (χ1v) is 6.28. The molecule has 1 aliphatic rings. The molecule has 2 aromatic rings. The molecule has 0 amide bonds. The summed E-state index contributed by atoms with van der Waals surface area (Å²) in [6.45, 7) is 1.80. The summed E-state index contributed by atoms with van der Waals surface area (Å²) in [4.78, 5) is 25.0. The third kappa shape index (κ3) is 1.71. The molecule has 0 aromatic heterocycles. The Labute approximate surface area is 120 Å². The predicted octanol–water partition coefficient (Wildman–Crippen LogP) is 2.19. The number of phenolic OH excluding ortho intramolecular Hbond substituents is 2. The first-order chi connectivity index (χ1) is 9.95. The lowest BCUT2D eigenvalue weighted by Crippen LogP contribution is -2.21. The quantitative estimate of drug-likeness (QED) is 0.669. The van der Waals surface area contributed by atoms with Crippen molar-refractivity contribution in [1.82, 2.24) is 0 Å². The van der Waals surface area contributed by atoms with E-state index in [1.807, 2.05) is 0 Å². The Morgan fingerprint density at radius 3 is 2.29 bits per heavy atom. The number of ether oxygens (including phenoxy) is 1. The van der Waals surface area contributed by atoms with Crippen molar-refractivity contribution in [3.63, 3.8) is 0 Å². The largest absolute Gasteiger partial charge is 0.507 e. The minimum Gasteiger partial charge on any atom is -0.507 e. The number of hydrogen-bond acceptors (Lipinski definition) is 5. The normalized spacial score (nSPS) is 12.9. The van der Waals surface area contributed by atoms with E-state index in [-0.39, 0.29) is 33.8 Å². The molecule has 106 valence electrons. The highest BCUT2D eigenvalue weighted by molar-refractivity contribution is 6.30. The Hall–Kier alpha value is -2.82. The predicted molar refractivity (Wildman–Crippen MR) is 74.4 cm³/mol. The van der Waals surface area contributed by atoms with E-state index in [4.69, 9.17) is 4.74 Å². The zero-order chi connectivity index (χ0) is 15.3. The van der Waals surface area contributed by atoms with Gasteiger partial charge in [0.05, 0.1) is 18.2 Å². The summed E-state index contributed by atoms with van der Waals surface area (Å²) < 4.78 is 4.91. The van der Waals surface area contributed by atoms with Crippen LogP contribution in [0, 0.1) is 6.92 Å². The van der Waals surface area contributed by atoms with Gasteiger partial charge in [-0.25, -0.2) is 0 Å². The highest BCUT2D eigenvalue weighted by Crippen LogP contribution is 2.43. The van der Waals surface area contributed by atoms with Crippen LogP contribution in [0.15, 0.2) is 24.3 Å². The third-order valence-corrected chi connectivity index (χ3v) is 3.58. The van der Waals surface area contributed by atoms with Crippen molar-refractivity contribution in [3.05, 3.63) is 52.1 Å². The minimum absolute atomic E-state index is 0.0528. The minimum atomic E-state index is -0.508. The SMILES string of the molecule is COc1cc(O)c2c(c1O)C(=O)c1ccc(C)cc1C2=O. The number of carbonyl (C=O) groups excluding carboxylic acids is 2. The van der Waals surface area contributed by atoms with Crippen molar-refractivity contribution in [1.29, 1.82) is 0 Å². The van der Waals surface area contributed by atoms with Gasteiger partial charge in [-0.2, -0.15) is 0 Å². The number of aromatic hydroxyl groups is 2. The fourth-order valence-corrected chi connectivity index (χ4v) is 2.55. The van der Waals surface area contributed by atoms with Gasteiger partial charge >= 0.3 is 0 Å². The second-order valence-corrected chi connectivity index (χ2v) is 4.90. The van der Waals surface area contributed by atoms with Crippen LogP contribution in [0.2, 0.25) is 0 Å². The van der Waals surface area contributed by atoms with E-state index in [0.717, 1.165) is 11.6 Å². The van der Waals surface area contributed by atoms with Crippen LogP contribution in [0.25, 0.3) is 0 Å². The number of fused-ring (bicyclic) bond motifs is 2. The lowest BCUT2D eigenvalue weighted by atomic mass is 9.82. The first kappa shape index (κ1) is 13.2. The molecular formula is C16H12O5. The standard InChI is InChI=1S/C16H12O5/c1-7-3-4-8-9(5-7)15(19)12-10(17)6-11(21-2)16(20)13(12)14(8)18/h3-6,17,20H,1-2H3. The maximum atomic E-state index is 12.5. The van der Waals surface area contributed by atoms with E-state index < -0.39 is 17.3 Å². The van der Waals surface area contributed by atoms with Crippen LogP contribution in [0.5, 0.6) is 17.2 Å². The fourth-order valence-electron chi connectivity index (χ4n) is 2.55. The summed E-state index contributed by atoms with van der Waals surface area (Å²) in [7, 11) is 1.30. The zero-order valence-corrected chi connectivity index (χ0v) is 11.4. The van der Waals surface area contributed by atoms with Gasteiger partial charge < -0.3 is 14.9 Å². The molecular weight excluding hydrogens is 272 g/mol. The maximum absolute atomic E-state index is 12.5. The lowest BCUT2D eigenvalue weighted by Gasteiger charge is -2.20. The number of benzene rings is 2. The van der Waals surface area contributed by atoms with Gasteiger partial charge in [0, 0.05) is 17.2 Å². The van der Waals surface area contributed by atoms with Gasteiger partial charge in [-0.1, -0.05) is 17.7 Å². The van der Waals surface area contributed by atoms with Crippen LogP contribution in [0.3, 0.4) is 0 Å². The van der Waals surface area contributed by atoms with Crippen molar-refractivity contribution in [2.24, 2.45) is 0 Å². The van der Waals surface area contributed by atoms with E-state index in [2.05, 4.69) is 0 Å². The van der Waals surface area contributed by atoms with Gasteiger partial charge in [-0.05, 0) is 13.0 Å². The molecule has 0 bridgehead atoms. The number of methoxy groups -OCH3 is 1. The molecule has 2 N–H and O–H groups in total. The monoisotopic (exact) mass is 284 g/mol. The van der Waals surface area contributed by atoms with Crippen LogP contribution >= 0.6 is 0 Å². The summed E-state index contributed by atoms with van der Waals surface area (Å²) in [5.41, 5.74) is 0.869. The van der Waals surface area contributed by atoms with Gasteiger partial charge in [-0.15, -0.1) is 0 Å². The van der Waals surface area contributed by atoms with E-state index >= 15 is 0 Å². The average Bonchev–Trinajstić information content (AvgIpc) is 2.46. The molecule has 0 fully saturated rings. The molecule has 5 nitrogen and oxygen atoms in total. The number of rotatable bonds is 1. The van der Waals surface area contributed by atoms with Gasteiger partial charge in [0.1, 0.15) is 5.75 Å². The Bertz CT molecular complexity index is 805. The lowest BCUT2D eigenvalue weighted by molar-refractivity contribution is 0.0973. The molecule has 0 aliphatic heterocycles. The van der Waals surface area contributed by atoms with Crippen LogP contribution in [-0.4, -0.2) is 28.9 Å².